The van der Waals surface area contributed by atoms with Crippen LogP contribution in [0.4, 0.5) is 11.4 Å². The van der Waals surface area contributed by atoms with E-state index in [1.165, 1.54) is 11.1 Å². The van der Waals surface area contributed by atoms with Crippen molar-refractivity contribution < 1.29 is 19.1 Å². The Hall–Kier alpha value is -4.58. The molecule has 0 aliphatic carbocycles. The lowest BCUT2D eigenvalue weighted by Crippen LogP contribution is -2.30. The fourth-order valence-electron chi connectivity index (χ4n) is 4.56. The zero-order chi connectivity index (χ0) is 30.2. The first-order valence-electron chi connectivity index (χ1n) is 14.5. The fraction of sp³-hybridized carbons (Fsp3) is 0.278. The minimum atomic E-state index is -0.642. The van der Waals surface area contributed by atoms with Crippen molar-refractivity contribution >= 4 is 23.2 Å². The van der Waals surface area contributed by atoms with E-state index >= 15 is 0 Å². The lowest BCUT2D eigenvalue weighted by Gasteiger charge is -2.17. The van der Waals surface area contributed by atoms with E-state index in [-0.39, 0.29) is 11.8 Å². The van der Waals surface area contributed by atoms with E-state index < -0.39 is 12.2 Å². The number of carbonyl (C=O) groups excluding carboxylic acids is 2. The predicted octanol–water partition coefficient (Wildman–Crippen LogP) is 7.91. The largest absolute Gasteiger partial charge is 0.481 e. The summed E-state index contributed by atoms with van der Waals surface area (Å²) in [5.41, 5.74) is 7.81. The summed E-state index contributed by atoms with van der Waals surface area (Å²) in [7, 11) is 0. The molecule has 0 heterocycles. The number of rotatable bonds is 11. The SMILES string of the molecule is CCc1ccc(OC(C)C(=O)Nc2ccc(-c3ccc(NC(=O)C(C)Oc4ccc(CC)cc4)c(C)c3)cc2C)cc1. The van der Waals surface area contributed by atoms with Crippen molar-refractivity contribution in [2.75, 3.05) is 10.6 Å². The van der Waals surface area contributed by atoms with Crippen LogP contribution in [0.1, 0.15) is 49.9 Å². The van der Waals surface area contributed by atoms with Crippen molar-refractivity contribution in [3.05, 3.63) is 107 Å². The number of hydrogen-bond donors (Lipinski definition) is 2. The van der Waals surface area contributed by atoms with Crippen LogP contribution in [0.2, 0.25) is 0 Å². The molecule has 4 aromatic rings. The molecule has 0 aromatic heterocycles. The standard InChI is InChI=1S/C36H40N2O4/c1-7-27-9-15-31(16-10-27)41-25(5)35(39)37-33-19-13-29(21-23(33)3)30-14-20-34(24(4)22-30)38-36(40)26(6)42-32-17-11-28(8-2)12-18-32/h9-22,25-26H,7-8H2,1-6H3,(H,37,39)(H,38,40). The normalized spacial score (nSPS) is 12.2. The highest BCUT2D eigenvalue weighted by atomic mass is 16.5. The van der Waals surface area contributed by atoms with Gasteiger partial charge in [-0.05, 0) is 122 Å². The summed E-state index contributed by atoms with van der Waals surface area (Å²) in [6.45, 7) is 11.6. The highest BCUT2D eigenvalue weighted by Crippen LogP contribution is 2.29. The summed E-state index contributed by atoms with van der Waals surface area (Å²) < 4.78 is 11.7. The molecule has 0 spiro atoms. The predicted molar refractivity (Wildman–Crippen MR) is 170 cm³/mol. The molecule has 6 heteroatoms. The summed E-state index contributed by atoms with van der Waals surface area (Å²) in [5.74, 6) is 0.913. The van der Waals surface area contributed by atoms with Gasteiger partial charge in [-0.1, -0.05) is 50.2 Å². The van der Waals surface area contributed by atoms with E-state index in [4.69, 9.17) is 9.47 Å². The quantitative estimate of drug-likeness (QED) is 0.194. The summed E-state index contributed by atoms with van der Waals surface area (Å²) in [6.07, 6.45) is 0.624. The van der Waals surface area contributed by atoms with Crippen LogP contribution in [0, 0.1) is 13.8 Å². The molecule has 4 aromatic carbocycles. The molecule has 0 aliphatic heterocycles. The average molecular weight is 565 g/mol. The molecular weight excluding hydrogens is 524 g/mol. The Kier molecular flexibility index (Phi) is 10.0. The van der Waals surface area contributed by atoms with Gasteiger partial charge in [-0.25, -0.2) is 0 Å². The molecule has 6 nitrogen and oxygen atoms in total. The minimum absolute atomic E-state index is 0.211. The molecular formula is C36H40N2O4. The summed E-state index contributed by atoms with van der Waals surface area (Å²) >= 11 is 0. The zero-order valence-electron chi connectivity index (χ0n) is 25.3. The van der Waals surface area contributed by atoms with Gasteiger partial charge in [-0.3, -0.25) is 9.59 Å². The highest BCUT2D eigenvalue weighted by molar-refractivity contribution is 5.96. The molecule has 2 N–H and O–H groups in total. The fourth-order valence-corrected chi connectivity index (χ4v) is 4.56. The smallest absolute Gasteiger partial charge is 0.265 e. The van der Waals surface area contributed by atoms with Crippen molar-refractivity contribution in [1.29, 1.82) is 0 Å². The molecule has 2 unspecified atom stereocenters. The van der Waals surface area contributed by atoms with Crippen LogP contribution < -0.4 is 20.1 Å². The third-order valence-electron chi connectivity index (χ3n) is 7.33. The molecule has 4 rings (SSSR count). The topological polar surface area (TPSA) is 76.7 Å². The van der Waals surface area contributed by atoms with Gasteiger partial charge in [0.05, 0.1) is 0 Å². The number of amides is 2. The van der Waals surface area contributed by atoms with Crippen LogP contribution in [0.15, 0.2) is 84.9 Å². The molecule has 0 radical (unpaired) electrons. The highest BCUT2D eigenvalue weighted by Gasteiger charge is 2.18. The Morgan fingerprint density at radius 1 is 0.595 bits per heavy atom. The van der Waals surface area contributed by atoms with Gasteiger partial charge in [0.15, 0.2) is 12.2 Å². The van der Waals surface area contributed by atoms with Crippen molar-refractivity contribution in [3.63, 3.8) is 0 Å². The first kappa shape index (κ1) is 30.4. The number of benzene rings is 4. The van der Waals surface area contributed by atoms with Crippen molar-refractivity contribution in [1.82, 2.24) is 0 Å². The van der Waals surface area contributed by atoms with E-state index in [2.05, 4.69) is 24.5 Å². The van der Waals surface area contributed by atoms with Gasteiger partial charge in [0, 0.05) is 11.4 Å². The molecule has 0 bridgehead atoms. The Bertz CT molecular complexity index is 1410. The van der Waals surface area contributed by atoms with E-state index in [1.54, 1.807) is 13.8 Å². The second-order valence-corrected chi connectivity index (χ2v) is 10.6. The molecule has 0 saturated carbocycles. The summed E-state index contributed by atoms with van der Waals surface area (Å²) in [4.78, 5) is 25.6. The molecule has 218 valence electrons. The van der Waals surface area contributed by atoms with Gasteiger partial charge in [0.2, 0.25) is 0 Å². The van der Waals surface area contributed by atoms with E-state index in [0.717, 1.165) is 46.5 Å². The Morgan fingerprint density at radius 2 is 0.952 bits per heavy atom. The first-order valence-corrected chi connectivity index (χ1v) is 14.5. The first-order chi connectivity index (χ1) is 20.2. The van der Waals surface area contributed by atoms with Crippen LogP contribution in [0.25, 0.3) is 11.1 Å². The van der Waals surface area contributed by atoms with E-state index in [9.17, 15) is 9.59 Å². The second-order valence-electron chi connectivity index (χ2n) is 10.6. The van der Waals surface area contributed by atoms with E-state index in [1.807, 2.05) is 98.8 Å². The zero-order valence-corrected chi connectivity index (χ0v) is 25.3. The van der Waals surface area contributed by atoms with Crippen LogP contribution in [0.5, 0.6) is 11.5 Å². The monoisotopic (exact) mass is 564 g/mol. The van der Waals surface area contributed by atoms with Gasteiger partial charge >= 0.3 is 0 Å². The second kappa shape index (κ2) is 13.9. The number of aryl methyl sites for hydroxylation is 4. The molecule has 2 amide bonds. The average Bonchev–Trinajstić information content (AvgIpc) is 2.99. The summed E-state index contributed by atoms with van der Waals surface area (Å²) in [6, 6.07) is 27.4. The molecule has 0 fully saturated rings. The Labute approximate surface area is 249 Å². The summed E-state index contributed by atoms with van der Waals surface area (Å²) in [5, 5.41) is 5.97. The van der Waals surface area contributed by atoms with Crippen LogP contribution in [0.3, 0.4) is 0 Å². The number of ether oxygens (including phenoxy) is 2. The Morgan fingerprint density at radius 3 is 1.26 bits per heavy atom. The van der Waals surface area contributed by atoms with Gasteiger partial charge < -0.3 is 20.1 Å². The van der Waals surface area contributed by atoms with Gasteiger partial charge in [-0.15, -0.1) is 0 Å². The maximum Gasteiger partial charge on any atom is 0.265 e. The van der Waals surface area contributed by atoms with Crippen LogP contribution in [-0.2, 0) is 22.4 Å². The number of nitrogens with one attached hydrogen (secondary N) is 2. The van der Waals surface area contributed by atoms with Crippen LogP contribution in [-0.4, -0.2) is 24.0 Å². The maximum absolute atomic E-state index is 12.8. The number of anilines is 2. The Balaban J connectivity index is 1.36. The maximum atomic E-state index is 12.8. The number of hydrogen-bond acceptors (Lipinski definition) is 4. The van der Waals surface area contributed by atoms with Gasteiger partial charge in [-0.2, -0.15) is 0 Å². The number of carbonyl (C=O) groups is 2. The van der Waals surface area contributed by atoms with Gasteiger partial charge in [0.1, 0.15) is 11.5 Å². The van der Waals surface area contributed by atoms with Crippen molar-refractivity contribution in [2.24, 2.45) is 0 Å². The molecule has 2 atom stereocenters. The lowest BCUT2D eigenvalue weighted by molar-refractivity contribution is -0.122. The molecule has 0 saturated heterocycles. The third-order valence-corrected chi connectivity index (χ3v) is 7.33. The molecule has 0 aliphatic rings. The minimum Gasteiger partial charge on any atom is -0.481 e. The van der Waals surface area contributed by atoms with Crippen molar-refractivity contribution in [3.8, 4) is 22.6 Å². The van der Waals surface area contributed by atoms with E-state index in [0.29, 0.717) is 11.5 Å². The third kappa shape index (κ3) is 7.78. The lowest BCUT2D eigenvalue weighted by atomic mass is 9.99. The van der Waals surface area contributed by atoms with Crippen LogP contribution >= 0.6 is 0 Å². The van der Waals surface area contributed by atoms with Gasteiger partial charge in [0.25, 0.3) is 11.8 Å². The molecule has 42 heavy (non-hydrogen) atoms. The van der Waals surface area contributed by atoms with Crippen molar-refractivity contribution in [2.45, 2.75) is 66.6 Å².